The molecule has 3 N–H and O–H groups in total. The number of anilines is 1. The summed E-state index contributed by atoms with van der Waals surface area (Å²) in [4.78, 5) is 24.4. The molecular weight excluding hydrogens is 402 g/mol. The molecule has 0 saturated carbocycles. The number of benzene rings is 1. The first kappa shape index (κ1) is 20.6. The number of aromatic nitrogens is 4. The van der Waals surface area contributed by atoms with Gasteiger partial charge >= 0.3 is 0 Å². The molecule has 32 heavy (non-hydrogen) atoms. The van der Waals surface area contributed by atoms with Gasteiger partial charge in [0.05, 0.1) is 24.5 Å². The van der Waals surface area contributed by atoms with Gasteiger partial charge in [0.1, 0.15) is 24.4 Å². The summed E-state index contributed by atoms with van der Waals surface area (Å²) in [6.07, 6.45) is 7.35. The monoisotopic (exact) mass is 432 g/mol. The fraction of sp³-hybridized carbons (Fsp3) is 0.417. The summed E-state index contributed by atoms with van der Waals surface area (Å²) < 4.78 is 1.94. The standard InChI is InChI=1S/C24H29N7O/c1-2-20(32)30-13-5-6-19(15-30)31-24-21(23(25)26-16-27-24)22(28-31)18-9-7-17(8-10-18)14-29-11-3-4-12-29/h2,7-10,16,19H,1,3-6,11-15H2,(H2,25,26,27)/p+1. The third-order valence-corrected chi connectivity index (χ3v) is 6.74. The average molecular weight is 433 g/mol. The Kier molecular flexibility index (Phi) is 5.61. The van der Waals surface area contributed by atoms with Crippen molar-refractivity contribution in [3.05, 3.63) is 48.8 Å². The Bertz CT molecular complexity index is 1130. The predicted octanol–water partition coefficient (Wildman–Crippen LogP) is 1.60. The van der Waals surface area contributed by atoms with Crippen molar-refractivity contribution in [2.75, 3.05) is 31.9 Å². The molecule has 1 amide bonds. The lowest BCUT2D eigenvalue weighted by molar-refractivity contribution is -0.901. The lowest BCUT2D eigenvalue weighted by atomic mass is 10.1. The Balaban J connectivity index is 1.49. The van der Waals surface area contributed by atoms with Crippen LogP contribution in [-0.4, -0.2) is 56.7 Å². The van der Waals surface area contributed by atoms with Crippen LogP contribution in [0.3, 0.4) is 0 Å². The van der Waals surface area contributed by atoms with Crippen LogP contribution in [-0.2, 0) is 11.3 Å². The minimum atomic E-state index is -0.0451. The number of amides is 1. The van der Waals surface area contributed by atoms with Gasteiger partial charge in [-0.1, -0.05) is 30.8 Å². The minimum Gasteiger partial charge on any atom is -0.383 e. The first-order valence-corrected chi connectivity index (χ1v) is 11.5. The first-order chi connectivity index (χ1) is 15.6. The number of rotatable bonds is 5. The second-order valence-corrected chi connectivity index (χ2v) is 8.87. The number of likely N-dealkylation sites (tertiary alicyclic amines) is 2. The van der Waals surface area contributed by atoms with Gasteiger partial charge in [0.15, 0.2) is 5.65 Å². The lowest BCUT2D eigenvalue weighted by Crippen LogP contribution is -3.08. The molecule has 1 aromatic carbocycles. The van der Waals surface area contributed by atoms with Crippen molar-refractivity contribution < 1.29 is 9.69 Å². The number of nitrogens with one attached hydrogen (secondary N) is 1. The number of nitrogen functional groups attached to an aromatic ring is 1. The van der Waals surface area contributed by atoms with Gasteiger partial charge in [-0.2, -0.15) is 5.10 Å². The first-order valence-electron chi connectivity index (χ1n) is 11.5. The predicted molar refractivity (Wildman–Crippen MR) is 124 cm³/mol. The zero-order valence-electron chi connectivity index (χ0n) is 18.3. The quantitative estimate of drug-likeness (QED) is 0.598. The smallest absolute Gasteiger partial charge is 0.246 e. The van der Waals surface area contributed by atoms with E-state index in [9.17, 15) is 4.79 Å². The highest BCUT2D eigenvalue weighted by atomic mass is 16.2. The van der Waals surface area contributed by atoms with E-state index in [1.807, 2.05) is 9.58 Å². The van der Waals surface area contributed by atoms with Crippen LogP contribution in [0.15, 0.2) is 43.2 Å². The van der Waals surface area contributed by atoms with Crippen LogP contribution in [0.2, 0.25) is 0 Å². The Morgan fingerprint density at radius 1 is 1.19 bits per heavy atom. The van der Waals surface area contributed by atoms with Crippen LogP contribution in [0, 0.1) is 0 Å². The zero-order valence-corrected chi connectivity index (χ0v) is 18.3. The van der Waals surface area contributed by atoms with Gasteiger partial charge in [0.25, 0.3) is 0 Å². The Labute approximate surface area is 187 Å². The normalized spacial score (nSPS) is 19.5. The summed E-state index contributed by atoms with van der Waals surface area (Å²) >= 11 is 0. The average Bonchev–Trinajstić information content (AvgIpc) is 3.48. The van der Waals surface area contributed by atoms with Crippen molar-refractivity contribution in [1.29, 1.82) is 0 Å². The number of piperidine rings is 1. The van der Waals surface area contributed by atoms with Crippen LogP contribution < -0.4 is 10.6 Å². The summed E-state index contributed by atoms with van der Waals surface area (Å²) in [5.41, 5.74) is 10.1. The van der Waals surface area contributed by atoms with Crippen molar-refractivity contribution in [3.8, 4) is 11.3 Å². The van der Waals surface area contributed by atoms with Crippen LogP contribution >= 0.6 is 0 Å². The van der Waals surface area contributed by atoms with Gasteiger partial charge < -0.3 is 15.5 Å². The van der Waals surface area contributed by atoms with Gasteiger partial charge in [0.2, 0.25) is 5.91 Å². The van der Waals surface area contributed by atoms with Crippen molar-refractivity contribution in [2.24, 2.45) is 0 Å². The summed E-state index contributed by atoms with van der Waals surface area (Å²) in [5, 5.41) is 5.74. The highest BCUT2D eigenvalue weighted by Crippen LogP contribution is 2.33. The Hall–Kier alpha value is -3.26. The van der Waals surface area contributed by atoms with E-state index in [0.717, 1.165) is 48.2 Å². The fourth-order valence-corrected chi connectivity index (χ4v) is 5.06. The van der Waals surface area contributed by atoms with Crippen LogP contribution in [0.4, 0.5) is 5.82 Å². The van der Waals surface area contributed by atoms with Crippen molar-refractivity contribution in [2.45, 2.75) is 38.3 Å². The van der Waals surface area contributed by atoms with Gasteiger partial charge in [0, 0.05) is 37.1 Å². The fourth-order valence-electron chi connectivity index (χ4n) is 5.06. The number of nitrogens with zero attached hydrogens (tertiary/aromatic N) is 5. The lowest BCUT2D eigenvalue weighted by Gasteiger charge is -2.32. The molecule has 5 rings (SSSR count). The van der Waals surface area contributed by atoms with Crippen LogP contribution in [0.1, 0.15) is 37.3 Å². The number of quaternary nitrogens is 1. The molecule has 0 spiro atoms. The molecule has 3 aromatic rings. The molecule has 2 saturated heterocycles. The minimum absolute atomic E-state index is 0.0382. The van der Waals surface area contributed by atoms with Gasteiger partial charge in [-0.15, -0.1) is 0 Å². The maximum atomic E-state index is 12.2. The van der Waals surface area contributed by atoms with E-state index >= 15 is 0 Å². The third-order valence-electron chi connectivity index (χ3n) is 6.74. The zero-order chi connectivity index (χ0) is 22.1. The number of hydrogen-bond acceptors (Lipinski definition) is 5. The molecule has 4 heterocycles. The molecule has 2 fully saturated rings. The van der Waals surface area contributed by atoms with E-state index in [4.69, 9.17) is 10.8 Å². The highest BCUT2D eigenvalue weighted by molar-refractivity contribution is 5.98. The molecular formula is C24H30N7O+. The number of carbonyl (C=O) groups is 1. The molecule has 0 bridgehead atoms. The maximum Gasteiger partial charge on any atom is 0.246 e. The maximum absolute atomic E-state index is 12.2. The third kappa shape index (κ3) is 3.86. The van der Waals surface area contributed by atoms with Gasteiger partial charge in [-0.05, 0) is 18.9 Å². The summed E-state index contributed by atoms with van der Waals surface area (Å²) in [7, 11) is 0. The highest BCUT2D eigenvalue weighted by Gasteiger charge is 2.28. The van der Waals surface area contributed by atoms with Gasteiger partial charge in [-0.3, -0.25) is 4.79 Å². The molecule has 2 aliphatic heterocycles. The summed E-state index contributed by atoms with van der Waals surface area (Å²) in [6, 6.07) is 8.67. The second-order valence-electron chi connectivity index (χ2n) is 8.87. The summed E-state index contributed by atoms with van der Waals surface area (Å²) in [5.74, 6) is 0.382. The van der Waals surface area contributed by atoms with E-state index in [0.29, 0.717) is 12.4 Å². The molecule has 1 atom stereocenters. The summed E-state index contributed by atoms with van der Waals surface area (Å²) in [6.45, 7) is 8.54. The number of hydrogen-bond donors (Lipinski definition) is 2. The van der Waals surface area contributed by atoms with E-state index < -0.39 is 0 Å². The molecule has 0 radical (unpaired) electrons. The molecule has 1 unspecified atom stereocenters. The number of carbonyl (C=O) groups excluding carboxylic acids is 1. The van der Waals surface area contributed by atoms with E-state index in [-0.39, 0.29) is 11.9 Å². The van der Waals surface area contributed by atoms with E-state index in [1.54, 1.807) is 4.90 Å². The second kappa shape index (κ2) is 8.70. The van der Waals surface area contributed by atoms with Crippen molar-refractivity contribution >= 4 is 22.8 Å². The molecule has 8 nitrogen and oxygen atoms in total. The van der Waals surface area contributed by atoms with Gasteiger partial charge in [-0.25, -0.2) is 14.6 Å². The molecule has 2 aliphatic rings. The van der Waals surface area contributed by atoms with Crippen molar-refractivity contribution in [3.63, 3.8) is 0 Å². The van der Waals surface area contributed by atoms with Crippen molar-refractivity contribution in [1.82, 2.24) is 24.6 Å². The van der Waals surface area contributed by atoms with Crippen LogP contribution in [0.5, 0.6) is 0 Å². The topological polar surface area (TPSA) is 94.4 Å². The largest absolute Gasteiger partial charge is 0.383 e. The SMILES string of the molecule is C=CC(=O)N1CCCC(n2nc(-c3ccc(C[NH+]4CCCC4)cc3)c3c(N)ncnc32)C1. The number of fused-ring (bicyclic) bond motifs is 1. The van der Waals surface area contributed by atoms with E-state index in [2.05, 4.69) is 40.8 Å². The molecule has 0 aliphatic carbocycles. The Morgan fingerprint density at radius 2 is 1.97 bits per heavy atom. The molecule has 166 valence electrons. The Morgan fingerprint density at radius 3 is 2.72 bits per heavy atom. The van der Waals surface area contributed by atoms with E-state index in [1.165, 1.54) is 43.9 Å². The van der Waals surface area contributed by atoms with Crippen LogP contribution in [0.25, 0.3) is 22.3 Å². The molecule has 8 heteroatoms. The number of nitrogens with two attached hydrogens (primary N) is 1. The molecule has 2 aromatic heterocycles.